The van der Waals surface area contributed by atoms with Crippen LogP contribution in [0.5, 0.6) is 0 Å². The second-order valence-electron chi connectivity index (χ2n) is 7.27. The number of alkyl halides is 2. The Balaban J connectivity index is 2.10. The van der Waals surface area contributed by atoms with Crippen LogP contribution in [-0.2, 0) is 4.74 Å². The summed E-state index contributed by atoms with van der Waals surface area (Å²) in [6, 6.07) is 0. The maximum absolute atomic E-state index is 10.3. The van der Waals surface area contributed by atoms with Gasteiger partial charge in [-0.3, -0.25) is 0 Å². The van der Waals surface area contributed by atoms with Crippen molar-refractivity contribution < 1.29 is 9.84 Å². The Labute approximate surface area is 128 Å². The minimum atomic E-state index is -0.436. The molecule has 2 saturated carbocycles. The Hall–Kier alpha value is 0.430. The summed E-state index contributed by atoms with van der Waals surface area (Å²) in [5.74, 6) is 0. The molecule has 3 fully saturated rings. The number of ether oxygens (including phenoxy) is 1. The molecule has 2 nitrogen and oxygen atoms in total. The third-order valence-corrected chi connectivity index (χ3v) is 7.91. The third kappa shape index (κ3) is 1.62. The summed E-state index contributed by atoms with van der Waals surface area (Å²) in [5, 5.41) is 10.3. The fraction of sp³-hybridized carbons (Fsp3) is 0.867. The van der Waals surface area contributed by atoms with Gasteiger partial charge < -0.3 is 9.84 Å². The van der Waals surface area contributed by atoms with Crippen molar-refractivity contribution in [2.24, 2.45) is 10.8 Å². The van der Waals surface area contributed by atoms with Crippen molar-refractivity contribution in [1.29, 1.82) is 0 Å². The van der Waals surface area contributed by atoms with Gasteiger partial charge in [-0.25, -0.2) is 0 Å². The number of aliphatic hydroxyl groups is 1. The summed E-state index contributed by atoms with van der Waals surface area (Å²) in [6.07, 6.45) is 1.93. The van der Waals surface area contributed by atoms with Crippen LogP contribution in [0.25, 0.3) is 0 Å². The lowest BCUT2D eigenvalue weighted by Gasteiger charge is -2.55. The Morgan fingerprint density at radius 3 is 2.63 bits per heavy atom. The van der Waals surface area contributed by atoms with Crippen molar-refractivity contribution in [3.63, 3.8) is 0 Å². The molecule has 0 amide bonds. The second-order valence-corrected chi connectivity index (χ2v) is 9.24. The van der Waals surface area contributed by atoms with E-state index >= 15 is 0 Å². The molecule has 1 spiro atoms. The molecule has 0 aromatic carbocycles. The van der Waals surface area contributed by atoms with Gasteiger partial charge >= 0.3 is 0 Å². The van der Waals surface area contributed by atoms with Gasteiger partial charge in [0.25, 0.3) is 0 Å². The fourth-order valence-corrected chi connectivity index (χ4v) is 5.59. The van der Waals surface area contributed by atoms with Crippen LogP contribution in [0.1, 0.15) is 40.0 Å². The third-order valence-electron chi connectivity index (χ3n) is 5.90. The molecule has 4 heteroatoms. The van der Waals surface area contributed by atoms with E-state index in [4.69, 9.17) is 16.3 Å². The second kappa shape index (κ2) is 4.00. The highest BCUT2D eigenvalue weighted by molar-refractivity contribution is 9.09. The minimum absolute atomic E-state index is 0.0561. The predicted octanol–water partition coefficient (Wildman–Crippen LogP) is 3.64. The maximum Gasteiger partial charge on any atom is 0.0901 e. The van der Waals surface area contributed by atoms with Crippen molar-refractivity contribution in [1.82, 2.24) is 0 Å². The van der Waals surface area contributed by atoms with E-state index < -0.39 is 6.10 Å². The van der Waals surface area contributed by atoms with Crippen LogP contribution in [-0.4, -0.2) is 33.1 Å². The van der Waals surface area contributed by atoms with Crippen LogP contribution in [0.3, 0.4) is 0 Å². The Kier molecular flexibility index (Phi) is 3.02. The molecule has 1 N–H and O–H groups in total. The van der Waals surface area contributed by atoms with Gasteiger partial charge in [-0.05, 0) is 26.2 Å². The van der Waals surface area contributed by atoms with Gasteiger partial charge in [-0.1, -0.05) is 41.9 Å². The molecule has 1 heterocycles. The molecule has 19 heavy (non-hydrogen) atoms. The Morgan fingerprint density at radius 2 is 2.00 bits per heavy atom. The summed E-state index contributed by atoms with van der Waals surface area (Å²) in [7, 11) is 0. The average Bonchev–Trinajstić information content (AvgIpc) is 2.41. The largest absolute Gasteiger partial charge is 0.390 e. The molecular formula is C15H22BrClO2. The Morgan fingerprint density at radius 1 is 1.37 bits per heavy atom. The molecule has 0 aromatic rings. The molecule has 3 aliphatic rings. The smallest absolute Gasteiger partial charge is 0.0901 e. The quantitative estimate of drug-likeness (QED) is 0.534. The van der Waals surface area contributed by atoms with Gasteiger partial charge in [-0.2, -0.15) is 0 Å². The highest BCUT2D eigenvalue weighted by Gasteiger charge is 2.70. The van der Waals surface area contributed by atoms with Crippen molar-refractivity contribution in [2.75, 3.05) is 0 Å². The molecule has 108 valence electrons. The average molecular weight is 350 g/mol. The van der Waals surface area contributed by atoms with E-state index in [0.717, 1.165) is 18.4 Å². The van der Waals surface area contributed by atoms with Crippen LogP contribution in [0.2, 0.25) is 0 Å². The topological polar surface area (TPSA) is 29.5 Å². The fourth-order valence-electron chi connectivity index (χ4n) is 4.68. The maximum atomic E-state index is 10.3. The van der Waals surface area contributed by atoms with E-state index in [9.17, 15) is 5.11 Å². The lowest BCUT2D eigenvalue weighted by molar-refractivity contribution is -0.0646. The van der Waals surface area contributed by atoms with Crippen molar-refractivity contribution in [2.45, 2.75) is 68.0 Å². The number of hydrogen-bond donors (Lipinski definition) is 1. The van der Waals surface area contributed by atoms with Crippen LogP contribution < -0.4 is 0 Å². The summed E-state index contributed by atoms with van der Waals surface area (Å²) in [5.41, 5.74) is 0.992. The van der Waals surface area contributed by atoms with Gasteiger partial charge in [-0.15, -0.1) is 11.6 Å². The molecule has 2 bridgehead atoms. The van der Waals surface area contributed by atoms with E-state index in [-0.39, 0.29) is 32.7 Å². The van der Waals surface area contributed by atoms with E-state index in [1.165, 1.54) is 0 Å². The molecular weight excluding hydrogens is 328 g/mol. The van der Waals surface area contributed by atoms with E-state index in [1.54, 1.807) is 0 Å². The molecule has 3 rings (SSSR count). The number of rotatable bonds is 0. The molecule has 0 radical (unpaired) electrons. The van der Waals surface area contributed by atoms with Crippen molar-refractivity contribution >= 4 is 27.5 Å². The van der Waals surface area contributed by atoms with Crippen LogP contribution in [0.15, 0.2) is 12.2 Å². The van der Waals surface area contributed by atoms with Gasteiger partial charge in [0.2, 0.25) is 0 Å². The summed E-state index contributed by atoms with van der Waals surface area (Å²) >= 11 is 10.4. The standard InChI is InChI=1S/C15H22BrClO2/c1-8-5-9(18)12-13(2,3)15(8)6-10(16)14(4,17)7-11(15)19-12/h9-12,18H,1,5-7H2,2-4H3. The first-order valence-electron chi connectivity index (χ1n) is 6.98. The zero-order chi connectivity index (χ0) is 14.2. The number of fused-ring (bicyclic) bond motifs is 1. The normalized spacial score (nSPS) is 56.0. The van der Waals surface area contributed by atoms with Crippen molar-refractivity contribution in [3.8, 4) is 0 Å². The highest BCUT2D eigenvalue weighted by Crippen LogP contribution is 2.68. The predicted molar refractivity (Wildman–Crippen MR) is 80.8 cm³/mol. The highest BCUT2D eigenvalue weighted by atomic mass is 79.9. The summed E-state index contributed by atoms with van der Waals surface area (Å²) in [6.45, 7) is 10.8. The van der Waals surface area contributed by atoms with Gasteiger partial charge in [0.15, 0.2) is 0 Å². The molecule has 6 unspecified atom stereocenters. The first-order chi connectivity index (χ1) is 8.63. The lowest BCUT2D eigenvalue weighted by Crippen LogP contribution is -2.57. The molecule has 0 aromatic heterocycles. The monoisotopic (exact) mass is 348 g/mol. The van der Waals surface area contributed by atoms with E-state index in [1.807, 2.05) is 0 Å². The zero-order valence-corrected chi connectivity index (χ0v) is 14.1. The number of hydrogen-bond acceptors (Lipinski definition) is 2. The lowest BCUT2D eigenvalue weighted by atomic mass is 9.49. The zero-order valence-electron chi connectivity index (χ0n) is 11.7. The number of aliphatic hydroxyl groups excluding tert-OH is 1. The molecule has 1 aliphatic heterocycles. The van der Waals surface area contributed by atoms with Crippen molar-refractivity contribution in [3.05, 3.63) is 12.2 Å². The Bertz CT molecular complexity index is 434. The van der Waals surface area contributed by atoms with Gasteiger partial charge in [0.1, 0.15) is 0 Å². The first kappa shape index (κ1) is 14.4. The van der Waals surface area contributed by atoms with Gasteiger partial charge in [0.05, 0.1) is 23.2 Å². The SMILES string of the molecule is C=C1CC(O)C2OC3CC(C)(Cl)C(Br)CC13C2(C)C. The summed E-state index contributed by atoms with van der Waals surface area (Å²) < 4.78 is 6.25. The van der Waals surface area contributed by atoms with Crippen LogP contribution in [0, 0.1) is 10.8 Å². The van der Waals surface area contributed by atoms with Gasteiger partial charge in [0, 0.05) is 15.7 Å². The molecule has 2 aliphatic carbocycles. The van der Waals surface area contributed by atoms with Crippen LogP contribution >= 0.6 is 27.5 Å². The summed E-state index contributed by atoms with van der Waals surface area (Å²) in [4.78, 5) is -0.0548. The van der Waals surface area contributed by atoms with Crippen LogP contribution in [0.4, 0.5) is 0 Å². The first-order valence-corrected chi connectivity index (χ1v) is 8.27. The van der Waals surface area contributed by atoms with E-state index in [2.05, 4.69) is 43.3 Å². The minimum Gasteiger partial charge on any atom is -0.390 e. The molecule has 1 saturated heterocycles. The number of halogens is 2. The molecule has 6 atom stereocenters. The van der Waals surface area contributed by atoms with E-state index in [0.29, 0.717) is 6.42 Å².